The Balaban J connectivity index is 1.53. The highest BCUT2D eigenvalue weighted by Gasteiger charge is 2.25. The van der Waals surface area contributed by atoms with Crippen LogP contribution in [-0.4, -0.2) is 52.1 Å². The van der Waals surface area contributed by atoms with Crippen LogP contribution in [-0.2, 0) is 0 Å². The summed E-state index contributed by atoms with van der Waals surface area (Å²) in [5.41, 5.74) is 1.61. The van der Waals surface area contributed by atoms with E-state index in [9.17, 15) is 13.6 Å². The number of alkyl halides is 2. The number of methoxy groups -OCH3 is 1. The Labute approximate surface area is 172 Å². The number of likely N-dealkylation sites (tertiary alicyclic amines) is 1. The van der Waals surface area contributed by atoms with Gasteiger partial charge in [-0.05, 0) is 55.8 Å². The van der Waals surface area contributed by atoms with Crippen LogP contribution in [0.5, 0.6) is 5.75 Å². The zero-order chi connectivity index (χ0) is 21.1. The third kappa shape index (κ3) is 4.11. The van der Waals surface area contributed by atoms with Gasteiger partial charge in [-0.2, -0.15) is 0 Å². The largest absolute Gasteiger partial charge is 0.497 e. The first kappa shape index (κ1) is 20.2. The minimum absolute atomic E-state index is 0.00168. The van der Waals surface area contributed by atoms with E-state index in [2.05, 4.69) is 20.4 Å². The zero-order valence-electron chi connectivity index (χ0n) is 16.6. The van der Waals surface area contributed by atoms with Crippen molar-refractivity contribution in [1.29, 1.82) is 0 Å². The number of hydrogen-bond donors (Lipinski definition) is 1. The third-order valence-corrected chi connectivity index (χ3v) is 5.40. The monoisotopic (exact) mass is 415 g/mol. The van der Waals surface area contributed by atoms with Gasteiger partial charge in [0.2, 0.25) is 5.82 Å². The molecule has 1 aromatic carbocycles. The Bertz CT molecular complexity index is 1030. The summed E-state index contributed by atoms with van der Waals surface area (Å²) in [5, 5.41) is 10.2. The van der Waals surface area contributed by atoms with Crippen LogP contribution in [0.15, 0.2) is 42.6 Å². The van der Waals surface area contributed by atoms with Crippen LogP contribution < -0.4 is 10.1 Å². The number of nitrogens with one attached hydrogen (secondary N) is 1. The fourth-order valence-corrected chi connectivity index (χ4v) is 3.84. The maximum atomic E-state index is 13.1. The van der Waals surface area contributed by atoms with Crippen molar-refractivity contribution in [2.24, 2.45) is 0 Å². The molecule has 1 atom stereocenters. The maximum Gasteiger partial charge on any atom is 0.297 e. The summed E-state index contributed by atoms with van der Waals surface area (Å²) in [6.45, 7) is 2.32. The molecule has 158 valence electrons. The molecule has 0 aliphatic carbocycles. The van der Waals surface area contributed by atoms with Crippen molar-refractivity contribution in [2.45, 2.75) is 25.3 Å². The number of ether oxygens (including phenoxy) is 1. The summed E-state index contributed by atoms with van der Waals surface area (Å²) in [6.07, 6.45) is 0.818. The number of rotatable bonds is 7. The molecule has 2 aromatic heterocycles. The lowest BCUT2D eigenvalue weighted by atomic mass is 10.0. The van der Waals surface area contributed by atoms with E-state index in [4.69, 9.17) is 4.74 Å². The molecule has 0 saturated carbocycles. The highest BCUT2D eigenvalue weighted by Crippen LogP contribution is 2.27. The predicted octanol–water partition coefficient (Wildman–Crippen LogP) is 3.24. The van der Waals surface area contributed by atoms with Crippen LogP contribution in [0.3, 0.4) is 0 Å². The lowest BCUT2D eigenvalue weighted by molar-refractivity contribution is 0.0937. The molecule has 30 heavy (non-hydrogen) atoms. The van der Waals surface area contributed by atoms with Crippen LogP contribution in [0.25, 0.3) is 5.65 Å². The van der Waals surface area contributed by atoms with Gasteiger partial charge >= 0.3 is 0 Å². The van der Waals surface area contributed by atoms with Gasteiger partial charge in [-0.25, -0.2) is 8.78 Å². The number of benzene rings is 1. The van der Waals surface area contributed by atoms with Crippen molar-refractivity contribution in [3.05, 3.63) is 59.5 Å². The van der Waals surface area contributed by atoms with Crippen LogP contribution >= 0.6 is 0 Å². The molecule has 1 aliphatic rings. The summed E-state index contributed by atoms with van der Waals surface area (Å²) >= 11 is 0. The van der Waals surface area contributed by atoms with Crippen LogP contribution in [0.1, 0.15) is 47.1 Å². The molecular weight excluding hydrogens is 392 g/mol. The van der Waals surface area contributed by atoms with Crippen LogP contribution in [0.4, 0.5) is 8.78 Å². The number of aromatic nitrogens is 3. The zero-order valence-corrected chi connectivity index (χ0v) is 16.6. The van der Waals surface area contributed by atoms with Gasteiger partial charge in [-0.3, -0.25) is 14.1 Å². The molecule has 9 heteroatoms. The van der Waals surface area contributed by atoms with E-state index in [1.807, 2.05) is 24.3 Å². The number of amides is 1. The van der Waals surface area contributed by atoms with Gasteiger partial charge in [0.05, 0.1) is 18.7 Å². The van der Waals surface area contributed by atoms with E-state index >= 15 is 0 Å². The number of nitrogens with zero attached hydrogens (tertiary/aromatic N) is 4. The third-order valence-electron chi connectivity index (χ3n) is 5.40. The summed E-state index contributed by atoms with van der Waals surface area (Å²) < 4.78 is 32.7. The van der Waals surface area contributed by atoms with Crippen LogP contribution in [0.2, 0.25) is 0 Å². The SMILES string of the molecule is COc1cccc(C(CNC(=O)c2ccc3nnc(C(F)F)n3c2)N2CCCC2)c1. The fraction of sp³-hybridized carbons (Fsp3) is 0.381. The van der Waals surface area contributed by atoms with Gasteiger partial charge in [0.15, 0.2) is 5.65 Å². The van der Waals surface area contributed by atoms with Gasteiger partial charge in [-0.1, -0.05) is 12.1 Å². The number of carbonyl (C=O) groups excluding carboxylic acids is 1. The molecule has 0 radical (unpaired) electrons. The van der Waals surface area contributed by atoms with Crippen molar-refractivity contribution in [3.8, 4) is 5.75 Å². The van der Waals surface area contributed by atoms with Crippen LogP contribution in [0, 0.1) is 0 Å². The summed E-state index contributed by atoms with van der Waals surface area (Å²) in [6, 6.07) is 10.9. The molecule has 0 spiro atoms. The number of halogens is 2. The molecule has 7 nitrogen and oxygen atoms in total. The fourth-order valence-electron chi connectivity index (χ4n) is 3.84. The Morgan fingerprint density at radius 3 is 2.73 bits per heavy atom. The van der Waals surface area contributed by atoms with E-state index in [1.54, 1.807) is 13.2 Å². The second-order valence-corrected chi connectivity index (χ2v) is 7.25. The van der Waals surface area contributed by atoms with Crippen molar-refractivity contribution < 1.29 is 18.3 Å². The molecule has 1 aliphatic heterocycles. The molecular formula is C21H23F2N5O2. The van der Waals surface area contributed by atoms with Gasteiger partial charge in [0.25, 0.3) is 12.3 Å². The van der Waals surface area contributed by atoms with Gasteiger partial charge < -0.3 is 10.1 Å². The first-order valence-corrected chi connectivity index (χ1v) is 9.86. The molecule has 1 unspecified atom stereocenters. The molecule has 1 amide bonds. The van der Waals surface area contributed by atoms with Crippen molar-refractivity contribution in [2.75, 3.05) is 26.7 Å². The predicted molar refractivity (Wildman–Crippen MR) is 107 cm³/mol. The van der Waals surface area contributed by atoms with E-state index in [-0.39, 0.29) is 23.2 Å². The smallest absolute Gasteiger partial charge is 0.297 e. The molecule has 3 aromatic rings. The standard InChI is InChI=1S/C21H23F2N5O2/c1-30-16-6-4-5-14(11-16)17(27-9-2-3-10-27)12-24-21(29)15-7-8-18-25-26-20(19(22)23)28(18)13-15/h4-8,11,13,17,19H,2-3,9-10,12H2,1H3,(H,24,29). The first-order chi connectivity index (χ1) is 14.6. The van der Waals surface area contributed by atoms with E-state index in [0.717, 1.165) is 41.6 Å². The average Bonchev–Trinajstić information content (AvgIpc) is 3.43. The van der Waals surface area contributed by atoms with E-state index in [1.165, 1.54) is 12.3 Å². The highest BCUT2D eigenvalue weighted by molar-refractivity contribution is 5.94. The number of carbonyl (C=O) groups is 1. The average molecular weight is 415 g/mol. The molecule has 3 heterocycles. The number of pyridine rings is 1. The Morgan fingerprint density at radius 1 is 1.20 bits per heavy atom. The van der Waals surface area contributed by atoms with Gasteiger partial charge in [0.1, 0.15) is 5.75 Å². The summed E-state index contributed by atoms with van der Waals surface area (Å²) in [4.78, 5) is 15.1. The quantitative estimate of drug-likeness (QED) is 0.642. The molecule has 1 fully saturated rings. The minimum atomic E-state index is -2.77. The topological polar surface area (TPSA) is 71.8 Å². The Hall–Kier alpha value is -3.07. The summed E-state index contributed by atoms with van der Waals surface area (Å²) in [7, 11) is 1.63. The van der Waals surface area contributed by atoms with E-state index < -0.39 is 12.2 Å². The lowest BCUT2D eigenvalue weighted by Crippen LogP contribution is -2.36. The molecule has 1 N–H and O–H groups in total. The second kappa shape index (κ2) is 8.74. The second-order valence-electron chi connectivity index (χ2n) is 7.25. The van der Waals surface area contributed by atoms with Crippen molar-refractivity contribution in [3.63, 3.8) is 0 Å². The summed E-state index contributed by atoms with van der Waals surface area (Å²) in [5.74, 6) is -0.0514. The van der Waals surface area contributed by atoms with Gasteiger partial charge in [-0.15, -0.1) is 10.2 Å². The minimum Gasteiger partial charge on any atom is -0.497 e. The van der Waals surface area contributed by atoms with E-state index in [0.29, 0.717) is 6.54 Å². The van der Waals surface area contributed by atoms with Gasteiger partial charge in [0, 0.05) is 12.7 Å². The Morgan fingerprint density at radius 2 is 2.00 bits per heavy atom. The molecule has 1 saturated heterocycles. The molecule has 4 rings (SSSR count). The maximum absolute atomic E-state index is 13.1. The lowest BCUT2D eigenvalue weighted by Gasteiger charge is -2.28. The highest BCUT2D eigenvalue weighted by atomic mass is 19.3. The first-order valence-electron chi connectivity index (χ1n) is 9.86. The number of hydrogen-bond acceptors (Lipinski definition) is 5. The van der Waals surface area contributed by atoms with Crippen molar-refractivity contribution in [1.82, 2.24) is 24.8 Å². The molecule has 0 bridgehead atoms. The normalized spacial score (nSPS) is 15.6. The van der Waals surface area contributed by atoms with Crippen molar-refractivity contribution >= 4 is 11.6 Å². The number of fused-ring (bicyclic) bond motifs is 1. The Kier molecular flexibility index (Phi) is 5.89.